The van der Waals surface area contributed by atoms with E-state index in [0.29, 0.717) is 5.92 Å². The first-order chi connectivity index (χ1) is 5.77. The van der Waals surface area contributed by atoms with Crippen LogP contribution < -0.4 is 23.3 Å². The molecule has 0 spiro atoms. The van der Waals surface area contributed by atoms with Crippen molar-refractivity contribution in [2.45, 2.75) is 24.7 Å². The predicted octanol–water partition coefficient (Wildman–Crippen LogP) is 0.214. The monoisotopic (exact) mass is 293 g/mol. The van der Waals surface area contributed by atoms with Gasteiger partial charge < -0.3 is 0 Å². The Morgan fingerprint density at radius 3 is 3.00 bits per heavy atom. The van der Waals surface area contributed by atoms with E-state index in [1.54, 1.807) is 0 Å². The summed E-state index contributed by atoms with van der Waals surface area (Å²) < 4.78 is 5.51. The molecule has 0 atom stereocenters. The molecule has 0 fully saturated rings. The summed E-state index contributed by atoms with van der Waals surface area (Å²) in [5, 5.41) is 0. The molecule has 66 valence electrons. The Bertz CT molecular complexity index is 299. The molecule has 0 saturated carbocycles. The third kappa shape index (κ3) is 1.57. The number of rotatable bonds is 1. The van der Waals surface area contributed by atoms with Gasteiger partial charge in [-0.2, -0.15) is 0 Å². The van der Waals surface area contributed by atoms with Crippen molar-refractivity contribution in [1.82, 2.24) is 0 Å². The van der Waals surface area contributed by atoms with Gasteiger partial charge in [-0.3, -0.25) is 0 Å². The van der Waals surface area contributed by atoms with E-state index < -0.39 is 0 Å². The van der Waals surface area contributed by atoms with Crippen LogP contribution in [0.25, 0.3) is 0 Å². The van der Waals surface area contributed by atoms with Crippen molar-refractivity contribution in [2.75, 3.05) is 0 Å². The summed E-state index contributed by atoms with van der Waals surface area (Å²) in [6, 6.07) is 6.53. The third-order valence-corrected chi connectivity index (χ3v) is 5.45. The van der Waals surface area contributed by atoms with Gasteiger partial charge >= 0.3 is 86.4 Å². The van der Waals surface area contributed by atoms with Gasteiger partial charge in [-0.1, -0.05) is 0 Å². The molecule has 1 aromatic rings. The van der Waals surface area contributed by atoms with Gasteiger partial charge in [0.05, 0.1) is 0 Å². The van der Waals surface area contributed by atoms with Crippen molar-refractivity contribution in [3.05, 3.63) is 23.8 Å². The minimum absolute atomic E-state index is 0.103. The average Bonchev–Trinajstić information content (AvgIpc) is 2.49. The van der Waals surface area contributed by atoms with Crippen molar-refractivity contribution >= 4 is 8.93 Å². The van der Waals surface area contributed by atoms with Crippen LogP contribution in [0.15, 0.2) is 23.1 Å². The van der Waals surface area contributed by atoms with E-state index in [1.165, 1.54) is 10.5 Å². The van der Waals surface area contributed by atoms with Crippen LogP contribution in [0.5, 0.6) is 5.75 Å². The first-order valence-electron chi connectivity index (χ1n) is 3.90. The summed E-state index contributed by atoms with van der Waals surface area (Å²) in [6.07, 6.45) is 0. The number of benzene rings is 1. The van der Waals surface area contributed by atoms with Crippen LogP contribution in [0.3, 0.4) is 0 Å². The summed E-state index contributed by atoms with van der Waals surface area (Å²) in [4.78, 5) is 1.34. The second-order valence-electron chi connectivity index (χ2n) is 3.08. The van der Waals surface area contributed by atoms with Gasteiger partial charge in [0.1, 0.15) is 0 Å². The van der Waals surface area contributed by atoms with E-state index in [0.717, 1.165) is 5.75 Å². The third-order valence-electron chi connectivity index (χ3n) is 1.86. The molecule has 0 aliphatic carbocycles. The summed E-state index contributed by atoms with van der Waals surface area (Å²) in [5.74, 6) is 1.71. The Hall–Kier alpha value is 0.1000. The Labute approximate surface area is 86.1 Å². The molecule has 1 aliphatic heterocycles. The molecule has 1 heterocycles. The Morgan fingerprint density at radius 1 is 1.42 bits per heavy atom. The first-order valence-corrected chi connectivity index (χ1v) is 8.14. The van der Waals surface area contributed by atoms with Gasteiger partial charge in [0.2, 0.25) is 0 Å². The molecule has 1 nitrogen and oxygen atoms in total. The quantitative estimate of drug-likeness (QED) is 0.685. The first kappa shape index (κ1) is 8.69. The second kappa shape index (κ2) is 3.46. The zero-order valence-electron chi connectivity index (χ0n) is 7.00. The number of fused-ring (bicyclic) bond motifs is 1. The molecular weight excluding hydrogens is 283 g/mol. The maximum absolute atomic E-state index is 5.51. The summed E-state index contributed by atoms with van der Waals surface area (Å²) >= 11 is -0.103. The topological polar surface area (TPSA) is 9.23 Å². The fourth-order valence-corrected chi connectivity index (χ4v) is 4.62. The summed E-state index contributed by atoms with van der Waals surface area (Å²) in [6.45, 7) is 4.44. The Balaban J connectivity index is 2.39. The molecule has 3 heteroatoms. The number of halogens is 1. The van der Waals surface area contributed by atoms with Crippen LogP contribution in [0.2, 0.25) is 0 Å². The molecule has 1 aliphatic rings. The molecule has 0 saturated heterocycles. The SMILES string of the molecule is CC(C)c1ccc2c(c1)S[I-]O2. The van der Waals surface area contributed by atoms with E-state index in [1.807, 2.05) is 8.93 Å². The molecule has 0 N–H and O–H groups in total. The van der Waals surface area contributed by atoms with Crippen molar-refractivity contribution in [3.63, 3.8) is 0 Å². The van der Waals surface area contributed by atoms with Crippen molar-refractivity contribution in [2.24, 2.45) is 0 Å². The van der Waals surface area contributed by atoms with E-state index in [2.05, 4.69) is 32.0 Å². The number of hydrogen-bond acceptors (Lipinski definition) is 2. The maximum atomic E-state index is 5.51. The normalized spacial score (nSPS) is 15.2. The van der Waals surface area contributed by atoms with E-state index in [9.17, 15) is 0 Å². The molecule has 0 aromatic heterocycles. The van der Waals surface area contributed by atoms with Gasteiger partial charge in [-0.15, -0.1) is 0 Å². The fourth-order valence-electron chi connectivity index (χ4n) is 1.09. The molecule has 0 radical (unpaired) electrons. The average molecular weight is 293 g/mol. The van der Waals surface area contributed by atoms with E-state index >= 15 is 0 Å². The van der Waals surface area contributed by atoms with E-state index in [4.69, 9.17) is 3.07 Å². The molecule has 2 rings (SSSR count). The summed E-state index contributed by atoms with van der Waals surface area (Å²) in [5.41, 5.74) is 1.41. The van der Waals surface area contributed by atoms with Crippen molar-refractivity contribution < 1.29 is 23.3 Å². The molecule has 0 unspecified atom stereocenters. The van der Waals surface area contributed by atoms with Gasteiger partial charge in [0.15, 0.2) is 0 Å². The molecule has 0 amide bonds. The Morgan fingerprint density at radius 2 is 2.25 bits per heavy atom. The molecular formula is C9H10IOS-. The standard InChI is InChI=1S/C9H10IOS/c1-6(2)7-3-4-8-9(5-7)12-10-11-8/h3-6H,1-2H3/q-1. The second-order valence-corrected chi connectivity index (χ2v) is 6.64. The number of hydrogen-bond donors (Lipinski definition) is 0. The van der Waals surface area contributed by atoms with Crippen LogP contribution >= 0.6 is 8.93 Å². The van der Waals surface area contributed by atoms with Crippen LogP contribution in [0, 0.1) is 0 Å². The van der Waals surface area contributed by atoms with Crippen LogP contribution in [0.1, 0.15) is 25.3 Å². The van der Waals surface area contributed by atoms with Crippen molar-refractivity contribution in [3.8, 4) is 5.75 Å². The van der Waals surface area contributed by atoms with Crippen LogP contribution in [0.4, 0.5) is 0 Å². The molecule has 12 heavy (non-hydrogen) atoms. The van der Waals surface area contributed by atoms with Gasteiger partial charge in [0, 0.05) is 0 Å². The zero-order chi connectivity index (χ0) is 8.55. The van der Waals surface area contributed by atoms with Crippen LogP contribution in [-0.4, -0.2) is 0 Å². The van der Waals surface area contributed by atoms with Crippen LogP contribution in [-0.2, 0) is 0 Å². The summed E-state index contributed by atoms with van der Waals surface area (Å²) in [7, 11) is 1.89. The zero-order valence-corrected chi connectivity index (χ0v) is 9.98. The Kier molecular flexibility index (Phi) is 2.50. The minimum atomic E-state index is -0.103. The van der Waals surface area contributed by atoms with Crippen molar-refractivity contribution in [1.29, 1.82) is 0 Å². The van der Waals surface area contributed by atoms with Gasteiger partial charge in [-0.25, -0.2) is 0 Å². The molecule has 1 aromatic carbocycles. The van der Waals surface area contributed by atoms with E-state index in [-0.39, 0.29) is 20.2 Å². The molecule has 0 bridgehead atoms. The van der Waals surface area contributed by atoms with Gasteiger partial charge in [0.25, 0.3) is 0 Å². The fraction of sp³-hybridized carbons (Fsp3) is 0.333. The predicted molar refractivity (Wildman–Crippen MR) is 47.0 cm³/mol. The van der Waals surface area contributed by atoms with Gasteiger partial charge in [-0.05, 0) is 0 Å².